The van der Waals surface area contributed by atoms with Gasteiger partial charge < -0.3 is 5.32 Å². The van der Waals surface area contributed by atoms with Gasteiger partial charge >= 0.3 is 0 Å². The SMILES string of the molecule is CC1CC(C)NC(C)C1. The molecule has 1 aliphatic heterocycles. The van der Waals surface area contributed by atoms with Crippen molar-refractivity contribution in [1.29, 1.82) is 0 Å². The largest absolute Gasteiger partial charge is 0.312 e. The van der Waals surface area contributed by atoms with E-state index in [0.29, 0.717) is 0 Å². The van der Waals surface area contributed by atoms with E-state index in [9.17, 15) is 0 Å². The lowest BCUT2D eigenvalue weighted by molar-refractivity contribution is 0.279. The molecule has 0 aromatic carbocycles. The van der Waals surface area contributed by atoms with E-state index in [1.807, 2.05) is 0 Å². The first-order valence-corrected chi connectivity index (χ1v) is 3.94. The minimum absolute atomic E-state index is 0.740. The van der Waals surface area contributed by atoms with Crippen LogP contribution in [0, 0.1) is 5.92 Å². The Kier molecular flexibility index (Phi) is 2.12. The Balaban J connectivity index is 2.34. The van der Waals surface area contributed by atoms with Crippen LogP contribution in [0.15, 0.2) is 0 Å². The van der Waals surface area contributed by atoms with Crippen molar-refractivity contribution in [2.45, 2.75) is 45.7 Å². The molecule has 0 radical (unpaired) electrons. The molecule has 0 aliphatic carbocycles. The van der Waals surface area contributed by atoms with E-state index in [1.165, 1.54) is 12.8 Å². The van der Waals surface area contributed by atoms with Gasteiger partial charge in [-0.3, -0.25) is 0 Å². The summed E-state index contributed by atoms with van der Waals surface area (Å²) >= 11 is 0. The summed E-state index contributed by atoms with van der Waals surface area (Å²) in [6.45, 7) is 6.88. The van der Waals surface area contributed by atoms with E-state index in [1.54, 1.807) is 0 Å². The Bertz CT molecular complexity index is 65.5. The lowest BCUT2D eigenvalue weighted by atomic mass is 9.91. The average molecular weight is 127 g/mol. The summed E-state index contributed by atoms with van der Waals surface area (Å²) < 4.78 is 0. The molecular formula is C8H17N. The molecule has 0 amide bonds. The predicted molar refractivity (Wildman–Crippen MR) is 40.5 cm³/mol. The van der Waals surface area contributed by atoms with Gasteiger partial charge in [0.05, 0.1) is 0 Å². The molecule has 54 valence electrons. The molecule has 1 fully saturated rings. The first-order chi connectivity index (χ1) is 4.18. The number of hydrogen-bond donors (Lipinski definition) is 1. The molecule has 1 N–H and O–H groups in total. The third-order valence-corrected chi connectivity index (χ3v) is 2.08. The van der Waals surface area contributed by atoms with Gasteiger partial charge in [0.25, 0.3) is 0 Å². The second-order valence-electron chi connectivity index (χ2n) is 3.55. The molecule has 1 saturated heterocycles. The van der Waals surface area contributed by atoms with E-state index < -0.39 is 0 Å². The molecule has 0 saturated carbocycles. The van der Waals surface area contributed by atoms with Crippen molar-refractivity contribution >= 4 is 0 Å². The van der Waals surface area contributed by atoms with Crippen LogP contribution in [0.2, 0.25) is 0 Å². The van der Waals surface area contributed by atoms with Crippen molar-refractivity contribution in [3.63, 3.8) is 0 Å². The van der Waals surface area contributed by atoms with Crippen molar-refractivity contribution in [2.75, 3.05) is 0 Å². The summed E-state index contributed by atoms with van der Waals surface area (Å²) in [7, 11) is 0. The van der Waals surface area contributed by atoms with Crippen LogP contribution in [-0.2, 0) is 0 Å². The van der Waals surface area contributed by atoms with Crippen LogP contribution in [0.25, 0.3) is 0 Å². The number of nitrogens with one attached hydrogen (secondary N) is 1. The van der Waals surface area contributed by atoms with E-state index in [-0.39, 0.29) is 0 Å². The Morgan fingerprint density at radius 3 is 1.78 bits per heavy atom. The number of rotatable bonds is 0. The molecule has 0 aromatic heterocycles. The van der Waals surface area contributed by atoms with Crippen molar-refractivity contribution < 1.29 is 0 Å². The third kappa shape index (κ3) is 1.98. The first kappa shape index (κ1) is 7.07. The zero-order valence-corrected chi connectivity index (χ0v) is 6.65. The quantitative estimate of drug-likeness (QED) is 0.523. The van der Waals surface area contributed by atoms with Gasteiger partial charge in [-0.1, -0.05) is 6.92 Å². The highest BCUT2D eigenvalue weighted by atomic mass is 14.9. The van der Waals surface area contributed by atoms with Gasteiger partial charge in [0, 0.05) is 12.1 Å². The normalized spacial score (nSPS) is 45.0. The monoisotopic (exact) mass is 127 g/mol. The average Bonchev–Trinajstić information content (AvgIpc) is 1.59. The Morgan fingerprint density at radius 2 is 1.44 bits per heavy atom. The smallest absolute Gasteiger partial charge is 0.00437 e. The lowest BCUT2D eigenvalue weighted by Crippen LogP contribution is -2.41. The zero-order valence-electron chi connectivity index (χ0n) is 6.65. The molecule has 2 unspecified atom stereocenters. The summed E-state index contributed by atoms with van der Waals surface area (Å²) in [6, 6.07) is 1.48. The third-order valence-electron chi connectivity index (χ3n) is 2.08. The van der Waals surface area contributed by atoms with Crippen LogP contribution in [0.1, 0.15) is 33.6 Å². The van der Waals surface area contributed by atoms with E-state index >= 15 is 0 Å². The standard InChI is InChI=1S/C8H17N/c1-6-4-7(2)9-8(3)5-6/h6-9H,4-5H2,1-3H3. The molecule has 0 aromatic rings. The molecule has 9 heavy (non-hydrogen) atoms. The van der Waals surface area contributed by atoms with Crippen LogP contribution in [-0.4, -0.2) is 12.1 Å². The number of piperidine rings is 1. The maximum atomic E-state index is 3.51. The van der Waals surface area contributed by atoms with E-state index in [0.717, 1.165) is 18.0 Å². The van der Waals surface area contributed by atoms with Crippen LogP contribution >= 0.6 is 0 Å². The Hall–Kier alpha value is -0.0400. The van der Waals surface area contributed by atoms with Crippen molar-refractivity contribution in [3.05, 3.63) is 0 Å². The van der Waals surface area contributed by atoms with Crippen LogP contribution in [0.5, 0.6) is 0 Å². The summed E-state index contributed by atoms with van der Waals surface area (Å²) in [5.41, 5.74) is 0. The fourth-order valence-electron chi connectivity index (χ4n) is 1.93. The highest BCUT2D eigenvalue weighted by Crippen LogP contribution is 2.18. The minimum Gasteiger partial charge on any atom is -0.312 e. The topological polar surface area (TPSA) is 12.0 Å². The number of hydrogen-bond acceptors (Lipinski definition) is 1. The van der Waals surface area contributed by atoms with Crippen LogP contribution < -0.4 is 5.32 Å². The summed E-state index contributed by atoms with van der Waals surface area (Å²) in [5, 5.41) is 3.51. The maximum Gasteiger partial charge on any atom is 0.00437 e. The molecule has 1 nitrogen and oxygen atoms in total. The van der Waals surface area contributed by atoms with Gasteiger partial charge in [0.1, 0.15) is 0 Å². The summed E-state index contributed by atoms with van der Waals surface area (Å²) in [5.74, 6) is 0.927. The fourth-order valence-corrected chi connectivity index (χ4v) is 1.93. The minimum atomic E-state index is 0.740. The van der Waals surface area contributed by atoms with Gasteiger partial charge in [-0.25, -0.2) is 0 Å². The predicted octanol–water partition coefficient (Wildman–Crippen LogP) is 1.78. The summed E-state index contributed by atoms with van der Waals surface area (Å²) in [6.07, 6.45) is 2.70. The molecule has 1 heterocycles. The van der Waals surface area contributed by atoms with Gasteiger partial charge in [0.2, 0.25) is 0 Å². The molecule has 0 bridgehead atoms. The zero-order chi connectivity index (χ0) is 6.85. The second-order valence-corrected chi connectivity index (χ2v) is 3.55. The van der Waals surface area contributed by atoms with Crippen molar-refractivity contribution in [3.8, 4) is 0 Å². The van der Waals surface area contributed by atoms with Gasteiger partial charge in [-0.15, -0.1) is 0 Å². The molecule has 2 atom stereocenters. The fraction of sp³-hybridized carbons (Fsp3) is 1.00. The molecule has 0 spiro atoms. The molecule has 1 aliphatic rings. The van der Waals surface area contributed by atoms with E-state index in [4.69, 9.17) is 0 Å². The van der Waals surface area contributed by atoms with Crippen molar-refractivity contribution in [2.24, 2.45) is 5.92 Å². The lowest BCUT2D eigenvalue weighted by Gasteiger charge is -2.30. The maximum absolute atomic E-state index is 3.51. The van der Waals surface area contributed by atoms with Gasteiger partial charge in [0.15, 0.2) is 0 Å². The van der Waals surface area contributed by atoms with Crippen LogP contribution in [0.3, 0.4) is 0 Å². The second kappa shape index (κ2) is 2.70. The van der Waals surface area contributed by atoms with E-state index in [2.05, 4.69) is 26.1 Å². The highest BCUT2D eigenvalue weighted by Gasteiger charge is 2.18. The van der Waals surface area contributed by atoms with Crippen molar-refractivity contribution in [1.82, 2.24) is 5.32 Å². The summed E-state index contributed by atoms with van der Waals surface area (Å²) in [4.78, 5) is 0. The van der Waals surface area contributed by atoms with Crippen LogP contribution in [0.4, 0.5) is 0 Å². The molecule has 1 rings (SSSR count). The first-order valence-electron chi connectivity index (χ1n) is 3.94. The molecule has 1 heteroatoms. The Labute approximate surface area is 57.8 Å². The van der Waals surface area contributed by atoms with Gasteiger partial charge in [-0.2, -0.15) is 0 Å². The highest BCUT2D eigenvalue weighted by molar-refractivity contribution is 4.77. The Morgan fingerprint density at radius 1 is 1.00 bits per heavy atom. The van der Waals surface area contributed by atoms with Gasteiger partial charge in [-0.05, 0) is 32.6 Å². The molecular weight excluding hydrogens is 110 g/mol.